The molecule has 0 aliphatic carbocycles. The minimum atomic E-state index is 0.425. The highest BCUT2D eigenvalue weighted by atomic mass is 35.5. The summed E-state index contributed by atoms with van der Waals surface area (Å²) in [6.45, 7) is 0. The quantitative estimate of drug-likeness (QED) is 0.821. The lowest BCUT2D eigenvalue weighted by atomic mass is 10.1. The molecule has 82 valence electrons. The van der Waals surface area contributed by atoms with Crippen LogP contribution in [0.5, 0.6) is 0 Å². The second kappa shape index (κ2) is 4.20. The van der Waals surface area contributed by atoms with Crippen molar-refractivity contribution in [1.82, 2.24) is 4.98 Å². The molecule has 0 amide bonds. The van der Waals surface area contributed by atoms with Gasteiger partial charge in [-0.05, 0) is 18.2 Å². The molecule has 5 heteroatoms. The first-order valence-electron chi connectivity index (χ1n) is 4.54. The number of hydrogen-bond donors (Lipinski definition) is 2. The van der Waals surface area contributed by atoms with Crippen LogP contribution in [0, 0.1) is 0 Å². The van der Waals surface area contributed by atoms with Crippen LogP contribution in [-0.4, -0.2) is 4.98 Å². The number of nitrogens with zero attached hydrogens (tertiary/aromatic N) is 1. The van der Waals surface area contributed by atoms with Gasteiger partial charge < -0.3 is 11.5 Å². The number of pyridine rings is 1. The van der Waals surface area contributed by atoms with E-state index in [4.69, 9.17) is 34.7 Å². The SMILES string of the molecule is Nc1cncc(-c2cc(Cl)ccc2Cl)c1N. The second-order valence-corrected chi connectivity index (χ2v) is 4.16. The van der Waals surface area contributed by atoms with Crippen LogP contribution in [0.1, 0.15) is 0 Å². The molecular weight excluding hydrogens is 245 g/mol. The molecule has 16 heavy (non-hydrogen) atoms. The van der Waals surface area contributed by atoms with Gasteiger partial charge in [0.1, 0.15) is 0 Å². The molecule has 0 unspecified atom stereocenters. The number of rotatable bonds is 1. The summed E-state index contributed by atoms with van der Waals surface area (Å²) >= 11 is 12.0. The molecule has 0 saturated heterocycles. The zero-order valence-electron chi connectivity index (χ0n) is 8.24. The van der Waals surface area contributed by atoms with Crippen molar-refractivity contribution in [1.29, 1.82) is 0 Å². The minimum Gasteiger partial charge on any atom is -0.396 e. The molecule has 0 atom stereocenters. The molecule has 1 aromatic heterocycles. The van der Waals surface area contributed by atoms with E-state index in [0.29, 0.717) is 27.0 Å². The molecule has 1 aromatic carbocycles. The van der Waals surface area contributed by atoms with E-state index in [1.165, 1.54) is 6.20 Å². The maximum atomic E-state index is 6.07. The molecule has 3 nitrogen and oxygen atoms in total. The number of hydrogen-bond acceptors (Lipinski definition) is 3. The Balaban J connectivity index is 2.67. The molecule has 2 rings (SSSR count). The number of nitrogens with two attached hydrogens (primary N) is 2. The van der Waals surface area contributed by atoms with E-state index >= 15 is 0 Å². The Morgan fingerprint density at radius 3 is 2.50 bits per heavy atom. The second-order valence-electron chi connectivity index (χ2n) is 3.31. The van der Waals surface area contributed by atoms with Gasteiger partial charge in [0.25, 0.3) is 0 Å². The highest BCUT2D eigenvalue weighted by Gasteiger charge is 2.09. The Hall–Kier alpha value is -1.45. The standard InChI is InChI=1S/C11H9Cl2N3/c12-6-1-2-9(13)7(3-6)8-4-16-5-10(14)11(8)15/h1-5H,14H2,(H2,15,16). The number of benzene rings is 1. The van der Waals surface area contributed by atoms with Crippen molar-refractivity contribution < 1.29 is 0 Å². The molecule has 4 N–H and O–H groups in total. The van der Waals surface area contributed by atoms with Gasteiger partial charge in [0, 0.05) is 27.4 Å². The maximum absolute atomic E-state index is 6.07. The van der Waals surface area contributed by atoms with Crippen molar-refractivity contribution in [3.8, 4) is 11.1 Å². The van der Waals surface area contributed by atoms with Crippen LogP contribution in [0.4, 0.5) is 11.4 Å². The van der Waals surface area contributed by atoms with Gasteiger partial charge in [-0.1, -0.05) is 23.2 Å². The molecule has 0 radical (unpaired) electrons. The number of aromatic nitrogens is 1. The lowest BCUT2D eigenvalue weighted by molar-refractivity contribution is 1.33. The molecule has 0 aliphatic heterocycles. The average Bonchev–Trinajstić information content (AvgIpc) is 2.26. The Morgan fingerprint density at radius 1 is 1.00 bits per heavy atom. The van der Waals surface area contributed by atoms with E-state index in [-0.39, 0.29) is 0 Å². The first kappa shape index (κ1) is 11.0. The molecule has 0 bridgehead atoms. The van der Waals surface area contributed by atoms with E-state index < -0.39 is 0 Å². The first-order valence-corrected chi connectivity index (χ1v) is 5.29. The zero-order chi connectivity index (χ0) is 11.7. The highest BCUT2D eigenvalue weighted by molar-refractivity contribution is 6.35. The van der Waals surface area contributed by atoms with Crippen LogP contribution in [0.15, 0.2) is 30.6 Å². The predicted molar refractivity (Wildman–Crippen MR) is 68.5 cm³/mol. The first-order chi connectivity index (χ1) is 7.59. The van der Waals surface area contributed by atoms with Crippen molar-refractivity contribution in [2.24, 2.45) is 0 Å². The van der Waals surface area contributed by atoms with Crippen LogP contribution in [-0.2, 0) is 0 Å². The molecule has 0 spiro atoms. The number of anilines is 2. The fourth-order valence-electron chi connectivity index (χ4n) is 1.41. The van der Waals surface area contributed by atoms with E-state index in [0.717, 1.165) is 5.56 Å². The molecule has 1 heterocycles. The van der Waals surface area contributed by atoms with Crippen molar-refractivity contribution in [2.45, 2.75) is 0 Å². The Bertz CT molecular complexity index is 541. The van der Waals surface area contributed by atoms with Gasteiger partial charge in [0.05, 0.1) is 17.6 Å². The summed E-state index contributed by atoms with van der Waals surface area (Å²) in [6, 6.07) is 5.15. The fourth-order valence-corrected chi connectivity index (χ4v) is 1.80. The highest BCUT2D eigenvalue weighted by Crippen LogP contribution is 2.35. The van der Waals surface area contributed by atoms with E-state index in [9.17, 15) is 0 Å². The van der Waals surface area contributed by atoms with Gasteiger partial charge >= 0.3 is 0 Å². The summed E-state index contributed by atoms with van der Waals surface area (Å²) in [5.74, 6) is 0. The van der Waals surface area contributed by atoms with Crippen molar-refractivity contribution >= 4 is 34.6 Å². The van der Waals surface area contributed by atoms with E-state index in [2.05, 4.69) is 4.98 Å². The number of nitrogen functional groups attached to an aromatic ring is 2. The lowest BCUT2D eigenvalue weighted by Gasteiger charge is -2.09. The average molecular weight is 254 g/mol. The third-order valence-corrected chi connectivity index (χ3v) is 2.80. The lowest BCUT2D eigenvalue weighted by Crippen LogP contribution is -1.98. The summed E-state index contributed by atoms with van der Waals surface area (Å²) < 4.78 is 0. The summed E-state index contributed by atoms with van der Waals surface area (Å²) in [6.07, 6.45) is 3.11. The monoisotopic (exact) mass is 253 g/mol. The maximum Gasteiger partial charge on any atom is 0.0740 e. The third kappa shape index (κ3) is 1.92. The zero-order valence-corrected chi connectivity index (χ0v) is 9.76. The molecule has 0 saturated carbocycles. The largest absolute Gasteiger partial charge is 0.396 e. The van der Waals surface area contributed by atoms with Crippen LogP contribution >= 0.6 is 23.2 Å². The molecular formula is C11H9Cl2N3. The van der Waals surface area contributed by atoms with Gasteiger partial charge in [-0.15, -0.1) is 0 Å². The normalized spacial score (nSPS) is 10.4. The predicted octanol–water partition coefficient (Wildman–Crippen LogP) is 3.22. The third-order valence-electron chi connectivity index (χ3n) is 2.24. The smallest absolute Gasteiger partial charge is 0.0740 e. The Labute approximate surface area is 103 Å². The van der Waals surface area contributed by atoms with Crippen LogP contribution in [0.25, 0.3) is 11.1 Å². The van der Waals surface area contributed by atoms with Crippen molar-refractivity contribution in [3.63, 3.8) is 0 Å². The summed E-state index contributed by atoms with van der Waals surface area (Å²) in [5.41, 5.74) is 13.8. The van der Waals surface area contributed by atoms with Crippen LogP contribution in [0.3, 0.4) is 0 Å². The van der Waals surface area contributed by atoms with Gasteiger partial charge in [-0.3, -0.25) is 4.98 Å². The topological polar surface area (TPSA) is 64.9 Å². The van der Waals surface area contributed by atoms with Crippen LogP contribution < -0.4 is 11.5 Å². The van der Waals surface area contributed by atoms with E-state index in [1.54, 1.807) is 24.4 Å². The molecule has 0 aliphatic rings. The van der Waals surface area contributed by atoms with Crippen LogP contribution in [0.2, 0.25) is 10.0 Å². The Kier molecular flexibility index (Phi) is 2.90. The van der Waals surface area contributed by atoms with Gasteiger partial charge in [-0.2, -0.15) is 0 Å². The fraction of sp³-hybridized carbons (Fsp3) is 0. The minimum absolute atomic E-state index is 0.425. The summed E-state index contributed by atoms with van der Waals surface area (Å²) in [4.78, 5) is 3.99. The Morgan fingerprint density at radius 2 is 1.75 bits per heavy atom. The number of halogens is 2. The molecule has 0 fully saturated rings. The van der Waals surface area contributed by atoms with Crippen molar-refractivity contribution in [3.05, 3.63) is 40.6 Å². The van der Waals surface area contributed by atoms with Gasteiger partial charge in [0.2, 0.25) is 0 Å². The van der Waals surface area contributed by atoms with Gasteiger partial charge in [0.15, 0.2) is 0 Å². The van der Waals surface area contributed by atoms with Gasteiger partial charge in [-0.25, -0.2) is 0 Å². The summed E-state index contributed by atoms with van der Waals surface area (Å²) in [7, 11) is 0. The molecule has 2 aromatic rings. The van der Waals surface area contributed by atoms with E-state index in [1.807, 2.05) is 0 Å². The van der Waals surface area contributed by atoms with Crippen molar-refractivity contribution in [2.75, 3.05) is 11.5 Å². The summed E-state index contributed by atoms with van der Waals surface area (Å²) in [5, 5.41) is 1.14.